The number of carbonyl (C=O) groups is 1. The van der Waals surface area contributed by atoms with Gasteiger partial charge in [-0.05, 0) is 24.3 Å². The molecule has 0 saturated heterocycles. The third-order valence-corrected chi connectivity index (χ3v) is 3.30. The molecule has 0 heterocycles. The van der Waals surface area contributed by atoms with Crippen LogP contribution >= 0.6 is 23.2 Å². The number of nitrogens with zero attached hydrogens (tertiary/aromatic N) is 1. The molecule has 1 amide bonds. The number of phenolic OH excluding ortho intramolecular Hbond substituents is 1. The van der Waals surface area contributed by atoms with Crippen molar-refractivity contribution in [2.24, 2.45) is 5.10 Å². The summed E-state index contributed by atoms with van der Waals surface area (Å²) in [6.07, 6.45) is 1.29. The molecule has 20 heavy (non-hydrogen) atoms. The predicted octanol–water partition coefficient (Wildman–Crippen LogP) is 3.46. The van der Waals surface area contributed by atoms with Crippen LogP contribution in [0.3, 0.4) is 0 Å². The van der Waals surface area contributed by atoms with E-state index in [-0.39, 0.29) is 21.7 Å². The number of nitrogens with one attached hydrogen (secondary N) is 1. The lowest BCUT2D eigenvalue weighted by atomic mass is 10.2. The molecule has 0 aliphatic rings. The third-order valence-electron chi connectivity index (χ3n) is 2.51. The SMILES string of the molecule is O=C(N/N=C/c1ccc(Cl)c(Cl)c1O)c1ccccc1. The first-order valence-corrected chi connectivity index (χ1v) is 6.40. The molecule has 0 aromatic heterocycles. The highest BCUT2D eigenvalue weighted by Gasteiger charge is 2.08. The minimum atomic E-state index is -0.346. The molecule has 0 radical (unpaired) electrons. The average Bonchev–Trinajstić information content (AvgIpc) is 2.48. The molecule has 0 atom stereocenters. The first kappa shape index (κ1) is 14.4. The van der Waals surface area contributed by atoms with E-state index in [2.05, 4.69) is 10.5 Å². The average molecular weight is 309 g/mol. The van der Waals surface area contributed by atoms with Crippen molar-refractivity contribution >= 4 is 35.3 Å². The summed E-state index contributed by atoms with van der Waals surface area (Å²) in [4.78, 5) is 11.7. The van der Waals surface area contributed by atoms with Gasteiger partial charge in [0.25, 0.3) is 5.91 Å². The molecule has 0 unspecified atom stereocenters. The number of hydrogen-bond donors (Lipinski definition) is 2. The van der Waals surface area contributed by atoms with E-state index >= 15 is 0 Å². The highest BCUT2D eigenvalue weighted by molar-refractivity contribution is 6.43. The molecular weight excluding hydrogens is 299 g/mol. The number of aromatic hydroxyl groups is 1. The maximum atomic E-state index is 11.7. The first-order chi connectivity index (χ1) is 9.59. The predicted molar refractivity (Wildman–Crippen MR) is 79.6 cm³/mol. The standard InChI is InChI=1S/C14H10Cl2N2O2/c15-11-7-6-10(13(19)12(11)16)8-17-18-14(20)9-4-2-1-3-5-9/h1-8,19H,(H,18,20)/b17-8+. The quantitative estimate of drug-likeness (QED) is 0.674. The molecule has 0 aliphatic carbocycles. The maximum Gasteiger partial charge on any atom is 0.271 e. The van der Waals surface area contributed by atoms with Gasteiger partial charge in [0.1, 0.15) is 10.8 Å². The Morgan fingerprint density at radius 2 is 1.85 bits per heavy atom. The minimum absolute atomic E-state index is 0.0463. The Morgan fingerprint density at radius 3 is 2.55 bits per heavy atom. The molecule has 0 spiro atoms. The largest absolute Gasteiger partial charge is 0.506 e. The number of halogens is 2. The number of carbonyl (C=O) groups excluding carboxylic acids is 1. The molecule has 0 bridgehead atoms. The van der Waals surface area contributed by atoms with Crippen molar-refractivity contribution in [1.29, 1.82) is 0 Å². The lowest BCUT2D eigenvalue weighted by Crippen LogP contribution is -2.17. The van der Waals surface area contributed by atoms with Gasteiger partial charge in [-0.3, -0.25) is 4.79 Å². The van der Waals surface area contributed by atoms with Crippen molar-refractivity contribution < 1.29 is 9.90 Å². The monoisotopic (exact) mass is 308 g/mol. The van der Waals surface area contributed by atoms with Gasteiger partial charge in [0.05, 0.1) is 11.2 Å². The lowest BCUT2D eigenvalue weighted by Gasteiger charge is -2.03. The fraction of sp³-hybridized carbons (Fsp3) is 0. The first-order valence-electron chi connectivity index (χ1n) is 5.65. The van der Waals surface area contributed by atoms with Gasteiger partial charge in [-0.2, -0.15) is 5.10 Å². The number of hydrogen-bond acceptors (Lipinski definition) is 3. The van der Waals surface area contributed by atoms with Crippen molar-refractivity contribution in [3.63, 3.8) is 0 Å². The van der Waals surface area contributed by atoms with E-state index in [0.717, 1.165) is 0 Å². The fourth-order valence-electron chi connectivity index (χ4n) is 1.47. The number of phenols is 1. The van der Waals surface area contributed by atoms with Gasteiger partial charge < -0.3 is 5.11 Å². The molecule has 0 aliphatic heterocycles. The number of benzene rings is 2. The van der Waals surface area contributed by atoms with Crippen LogP contribution in [0.25, 0.3) is 0 Å². The third kappa shape index (κ3) is 3.29. The molecule has 2 N–H and O–H groups in total. The van der Waals surface area contributed by atoms with E-state index in [1.54, 1.807) is 30.3 Å². The summed E-state index contributed by atoms with van der Waals surface area (Å²) in [6.45, 7) is 0. The Morgan fingerprint density at radius 1 is 1.15 bits per heavy atom. The van der Waals surface area contributed by atoms with Crippen LogP contribution < -0.4 is 5.43 Å². The second-order valence-corrected chi connectivity index (χ2v) is 4.65. The molecule has 2 rings (SSSR count). The van der Waals surface area contributed by atoms with E-state index in [1.165, 1.54) is 12.3 Å². The molecule has 2 aromatic carbocycles. The summed E-state index contributed by atoms with van der Waals surface area (Å²) in [7, 11) is 0. The summed E-state index contributed by atoms with van der Waals surface area (Å²) in [6, 6.07) is 11.7. The van der Waals surface area contributed by atoms with Crippen LogP contribution in [0.5, 0.6) is 5.75 Å². The fourth-order valence-corrected chi connectivity index (χ4v) is 1.80. The van der Waals surface area contributed by atoms with Crippen LogP contribution in [0, 0.1) is 0 Å². The van der Waals surface area contributed by atoms with Crippen molar-refractivity contribution in [3.8, 4) is 5.75 Å². The lowest BCUT2D eigenvalue weighted by molar-refractivity contribution is 0.0955. The van der Waals surface area contributed by atoms with Crippen LogP contribution in [0.15, 0.2) is 47.6 Å². The Bertz CT molecular complexity index is 658. The van der Waals surface area contributed by atoms with Crippen LogP contribution in [-0.4, -0.2) is 17.2 Å². The van der Waals surface area contributed by atoms with E-state index in [1.807, 2.05) is 6.07 Å². The zero-order chi connectivity index (χ0) is 14.5. The van der Waals surface area contributed by atoms with Gasteiger partial charge in [0.2, 0.25) is 0 Å². The van der Waals surface area contributed by atoms with Crippen LogP contribution in [0.1, 0.15) is 15.9 Å². The van der Waals surface area contributed by atoms with Gasteiger partial charge in [-0.1, -0.05) is 41.4 Å². The normalized spacial score (nSPS) is 10.7. The van der Waals surface area contributed by atoms with Gasteiger partial charge >= 0.3 is 0 Å². The highest BCUT2D eigenvalue weighted by Crippen LogP contribution is 2.33. The van der Waals surface area contributed by atoms with Crippen molar-refractivity contribution in [3.05, 3.63) is 63.6 Å². The van der Waals surface area contributed by atoms with Crippen molar-refractivity contribution in [2.45, 2.75) is 0 Å². The van der Waals surface area contributed by atoms with E-state index in [4.69, 9.17) is 23.2 Å². The van der Waals surface area contributed by atoms with Crippen LogP contribution in [0.4, 0.5) is 0 Å². The summed E-state index contributed by atoms with van der Waals surface area (Å²) in [5.74, 6) is -0.529. The molecule has 0 fully saturated rings. The van der Waals surface area contributed by atoms with Gasteiger partial charge in [0, 0.05) is 11.1 Å². The summed E-state index contributed by atoms with van der Waals surface area (Å²) in [5.41, 5.74) is 3.20. The van der Waals surface area contributed by atoms with E-state index in [0.29, 0.717) is 11.1 Å². The van der Waals surface area contributed by atoms with Crippen LogP contribution in [0.2, 0.25) is 10.0 Å². The molecule has 4 nitrogen and oxygen atoms in total. The van der Waals surface area contributed by atoms with Crippen LogP contribution in [-0.2, 0) is 0 Å². The molecule has 0 saturated carbocycles. The topological polar surface area (TPSA) is 61.7 Å². The Labute approximate surface area is 125 Å². The molecular formula is C14H10Cl2N2O2. The van der Waals surface area contributed by atoms with Crippen molar-refractivity contribution in [1.82, 2.24) is 5.43 Å². The molecule has 102 valence electrons. The summed E-state index contributed by atoms with van der Waals surface area (Å²) >= 11 is 11.5. The maximum absolute atomic E-state index is 11.7. The zero-order valence-electron chi connectivity index (χ0n) is 10.2. The smallest absolute Gasteiger partial charge is 0.271 e. The second kappa shape index (κ2) is 6.41. The van der Waals surface area contributed by atoms with Gasteiger partial charge in [-0.15, -0.1) is 0 Å². The summed E-state index contributed by atoms with van der Waals surface area (Å²) < 4.78 is 0. The van der Waals surface area contributed by atoms with Gasteiger partial charge in [0.15, 0.2) is 0 Å². The number of amides is 1. The van der Waals surface area contributed by atoms with E-state index in [9.17, 15) is 9.90 Å². The zero-order valence-corrected chi connectivity index (χ0v) is 11.7. The molecule has 6 heteroatoms. The summed E-state index contributed by atoms with van der Waals surface area (Å²) in [5, 5.41) is 13.8. The Hall–Kier alpha value is -2.04. The second-order valence-electron chi connectivity index (χ2n) is 3.86. The minimum Gasteiger partial charge on any atom is -0.506 e. The number of hydrazone groups is 1. The van der Waals surface area contributed by atoms with Gasteiger partial charge in [-0.25, -0.2) is 5.43 Å². The molecule has 2 aromatic rings. The highest BCUT2D eigenvalue weighted by atomic mass is 35.5. The Balaban J connectivity index is 2.08. The van der Waals surface area contributed by atoms with E-state index < -0.39 is 0 Å². The number of rotatable bonds is 3. The Kier molecular flexibility index (Phi) is 4.61. The van der Waals surface area contributed by atoms with Crippen molar-refractivity contribution in [2.75, 3.05) is 0 Å².